The van der Waals surface area contributed by atoms with Gasteiger partial charge in [-0.05, 0) is 85.9 Å². The van der Waals surface area contributed by atoms with E-state index in [9.17, 15) is 92.2 Å². The summed E-state index contributed by atoms with van der Waals surface area (Å²) < 4.78 is 243. The summed E-state index contributed by atoms with van der Waals surface area (Å²) in [7, 11) is 0. The topological polar surface area (TPSA) is 0 Å². The fourth-order valence-electron chi connectivity index (χ4n) is 4.22. The monoisotopic (exact) mass is 1340 g/mol. The minimum absolute atomic E-state index is 0.104. The van der Waals surface area contributed by atoms with Crippen LogP contribution in [-0.4, -0.2) is 43.2 Å². The minimum atomic E-state index is -5.24. The van der Waals surface area contributed by atoms with Crippen LogP contribution in [0.3, 0.4) is 0 Å². The van der Waals surface area contributed by atoms with Crippen molar-refractivity contribution in [3.8, 4) is 0 Å². The second-order valence-corrected chi connectivity index (χ2v) is 27.0. The van der Waals surface area contributed by atoms with E-state index in [-0.39, 0.29) is 45.4 Å². The van der Waals surface area contributed by atoms with E-state index in [2.05, 4.69) is 145 Å². The molecule has 0 amide bonds. The second kappa shape index (κ2) is 59.3. The Morgan fingerprint density at radius 1 is 0.273 bits per heavy atom. The largest absolute Gasteiger partial charge is 0.402 e. The van der Waals surface area contributed by atoms with Crippen LogP contribution in [0, 0.1) is 57.7 Å². The Bertz CT molecular complexity index is 1290. The zero-order valence-electron chi connectivity index (χ0n) is 60.5. The van der Waals surface area contributed by atoms with Gasteiger partial charge in [0, 0.05) is 19.3 Å². The van der Waals surface area contributed by atoms with E-state index in [0.29, 0.717) is 23.7 Å². The predicted octanol–water partition coefficient (Wildman–Crippen LogP) is 31.2. The van der Waals surface area contributed by atoms with Crippen LogP contribution >= 0.6 is 0 Å². The van der Waals surface area contributed by atoms with Crippen LogP contribution in [0.25, 0.3) is 0 Å². The van der Waals surface area contributed by atoms with Crippen LogP contribution in [0.5, 0.6) is 0 Å². The third kappa shape index (κ3) is 115. The molecule has 0 fully saturated rings. The third-order valence-corrected chi connectivity index (χ3v) is 13.0. The highest BCUT2D eigenvalue weighted by molar-refractivity contribution is 4.84. The summed E-state index contributed by atoms with van der Waals surface area (Å²) in [5.41, 5.74) is -2.54. The first-order valence-electron chi connectivity index (χ1n) is 32.3. The standard InChI is InChI=1S/C7H13F3.C7H16.C6H8F6.2C6H11F3.5C6H14.C5H6F6/c1-2-3-4-5-6-7(8,9)10;1-4-5-6-7(2)3;1-2-3-4(5(7,8)9)6(10,11)12;1-5(2)3-4-6(7,8)9;1-2-3-4-5-6(7,8)9;2*1-5-6(2,3)4;1-5(2)6(3)4;1-4-5-6(2)3;1-4-6(3)5-2;1-3(2,4(6,7)8)5(9,10)11/h2-6H2,1H3;7H,4-6H2,1-3H3;4H,2-3H2,1H3;5H,3-4H2,1-2H3;2-5H2,1H3;2*5H2,1-4H3;5-6H,1-4H3;2*6H,4-5H2,1-3H3;1-2H3. The first kappa shape index (κ1) is 111. The van der Waals surface area contributed by atoms with Gasteiger partial charge in [0.25, 0.3) is 0 Å². The first-order chi connectivity index (χ1) is 38.8. The predicted molar refractivity (Wildman–Crippen MR) is 335 cm³/mol. The minimum Gasteiger partial charge on any atom is -0.171 e. The Morgan fingerprint density at radius 3 is 0.625 bits per heavy atom. The van der Waals surface area contributed by atoms with E-state index in [0.717, 1.165) is 48.9 Å². The van der Waals surface area contributed by atoms with Gasteiger partial charge >= 0.3 is 43.2 Å². The average Bonchev–Trinajstić information content (AvgIpc) is 3.32. The fraction of sp³-hybridized carbons (Fsp3) is 1.00. The van der Waals surface area contributed by atoms with Crippen LogP contribution in [0.2, 0.25) is 0 Å². The molecule has 0 saturated heterocycles. The van der Waals surface area contributed by atoms with E-state index in [1.165, 1.54) is 64.7 Å². The van der Waals surface area contributed by atoms with Crippen molar-refractivity contribution >= 4 is 0 Å². The summed E-state index contributed by atoms with van der Waals surface area (Å²) >= 11 is 0. The first-order valence-corrected chi connectivity index (χ1v) is 32.3. The zero-order valence-corrected chi connectivity index (χ0v) is 60.5. The van der Waals surface area contributed by atoms with Crippen molar-refractivity contribution < 1.29 is 92.2 Å². The highest BCUT2D eigenvalue weighted by Gasteiger charge is 2.64. The van der Waals surface area contributed by atoms with Gasteiger partial charge in [-0.3, -0.25) is 0 Å². The lowest BCUT2D eigenvalue weighted by Gasteiger charge is -2.29. The molecule has 0 radical (unpaired) electrons. The Hall–Kier alpha value is -1.47. The van der Waals surface area contributed by atoms with Crippen LogP contribution in [0.15, 0.2) is 0 Å². The summed E-state index contributed by atoms with van der Waals surface area (Å²) in [5.74, 6) is 1.41. The number of halogens is 21. The van der Waals surface area contributed by atoms with Crippen LogP contribution in [0.1, 0.15) is 335 Å². The molecule has 0 nitrogen and oxygen atoms in total. The Kier molecular flexibility index (Phi) is 74.8. The molecule has 0 saturated carbocycles. The Balaban J connectivity index is -0.0000000831. The smallest absolute Gasteiger partial charge is 0.171 e. The number of alkyl halides is 21. The Labute approximate surface area is 526 Å². The zero-order chi connectivity index (χ0) is 73.6. The maximum Gasteiger partial charge on any atom is 0.402 e. The molecule has 0 aromatic carbocycles. The van der Waals surface area contributed by atoms with Crippen LogP contribution in [0.4, 0.5) is 92.2 Å². The molecule has 0 aromatic heterocycles. The van der Waals surface area contributed by atoms with Crippen LogP contribution in [-0.2, 0) is 0 Å². The van der Waals surface area contributed by atoms with Gasteiger partial charge in [-0.2, -0.15) is 92.2 Å². The van der Waals surface area contributed by atoms with E-state index < -0.39 is 80.3 Å². The normalized spacial score (nSPS) is 12.3. The maximum absolute atomic E-state index is 11.7. The van der Waals surface area contributed by atoms with E-state index in [4.69, 9.17) is 0 Å². The molecule has 0 bridgehead atoms. The molecule has 88 heavy (non-hydrogen) atoms. The highest BCUT2D eigenvalue weighted by Crippen LogP contribution is 2.49. The molecule has 0 aliphatic rings. The molecule has 0 unspecified atom stereocenters. The summed E-state index contributed by atoms with van der Waals surface area (Å²) in [6.07, 6.45) is -18.6. The third-order valence-electron chi connectivity index (χ3n) is 13.0. The molecule has 0 heterocycles. The maximum atomic E-state index is 11.7. The van der Waals surface area contributed by atoms with Crippen molar-refractivity contribution in [2.24, 2.45) is 57.7 Å². The van der Waals surface area contributed by atoms with Gasteiger partial charge in [0.1, 0.15) is 0 Å². The molecular formula is C67H135F21. The van der Waals surface area contributed by atoms with Crippen molar-refractivity contribution in [2.45, 2.75) is 378 Å². The molecule has 0 aliphatic heterocycles. The van der Waals surface area contributed by atoms with Crippen molar-refractivity contribution in [1.29, 1.82) is 0 Å². The van der Waals surface area contributed by atoms with Gasteiger partial charge in [-0.1, -0.05) is 276 Å². The summed E-state index contributed by atoms with van der Waals surface area (Å²) in [6.45, 7) is 56.0. The molecule has 0 spiro atoms. The lowest BCUT2D eigenvalue weighted by atomic mass is 9.92. The van der Waals surface area contributed by atoms with Crippen molar-refractivity contribution in [2.75, 3.05) is 0 Å². The molecular weight excluding hydrogens is 1200 g/mol. The molecule has 0 aromatic rings. The number of rotatable bonds is 19. The van der Waals surface area contributed by atoms with Crippen molar-refractivity contribution in [3.63, 3.8) is 0 Å². The summed E-state index contributed by atoms with van der Waals surface area (Å²) in [5, 5.41) is 0. The van der Waals surface area contributed by atoms with Crippen LogP contribution < -0.4 is 0 Å². The molecule has 21 heteroatoms. The van der Waals surface area contributed by atoms with Gasteiger partial charge in [0.15, 0.2) is 11.3 Å². The number of hydrogen-bond acceptors (Lipinski definition) is 0. The molecule has 0 N–H and O–H groups in total. The van der Waals surface area contributed by atoms with E-state index in [1.54, 1.807) is 13.8 Å². The van der Waals surface area contributed by atoms with Gasteiger partial charge in [-0.15, -0.1) is 0 Å². The summed E-state index contributed by atoms with van der Waals surface area (Å²) in [4.78, 5) is 0. The summed E-state index contributed by atoms with van der Waals surface area (Å²) in [6, 6.07) is 0. The van der Waals surface area contributed by atoms with Gasteiger partial charge in [0.2, 0.25) is 0 Å². The van der Waals surface area contributed by atoms with E-state index in [1.807, 2.05) is 13.8 Å². The second-order valence-electron chi connectivity index (χ2n) is 27.0. The van der Waals surface area contributed by atoms with Gasteiger partial charge in [0.05, 0.1) is 0 Å². The molecule has 0 rings (SSSR count). The molecule has 0 atom stereocenters. The highest BCUT2D eigenvalue weighted by atomic mass is 19.4. The lowest BCUT2D eigenvalue weighted by Crippen LogP contribution is -2.44. The van der Waals surface area contributed by atoms with Crippen molar-refractivity contribution in [1.82, 2.24) is 0 Å². The van der Waals surface area contributed by atoms with Gasteiger partial charge in [-0.25, -0.2) is 0 Å². The Morgan fingerprint density at radius 2 is 0.523 bits per heavy atom. The van der Waals surface area contributed by atoms with Crippen molar-refractivity contribution in [3.05, 3.63) is 0 Å². The average molecular weight is 1340 g/mol. The van der Waals surface area contributed by atoms with E-state index >= 15 is 0 Å². The fourth-order valence-corrected chi connectivity index (χ4v) is 4.22. The van der Waals surface area contributed by atoms with Gasteiger partial charge < -0.3 is 0 Å². The molecule has 550 valence electrons. The number of hydrogen-bond donors (Lipinski definition) is 0. The lowest BCUT2D eigenvalue weighted by molar-refractivity contribution is -0.327. The molecule has 0 aliphatic carbocycles. The quantitative estimate of drug-likeness (QED) is 0.0893. The number of unbranched alkanes of at least 4 members (excludes halogenated alkanes) is 6. The SMILES string of the molecule is CC(C)(C(F)(F)F)C(F)(F)F.CC(C)C(C)C.CC(C)CCC(F)(F)F.CCC(C)(C)C.CCC(C)(C)C.CCC(C)CC.CCCC(C(F)(F)F)C(F)(F)F.CCCC(C)C.CCCCC(C)C.CCCCCC(F)(F)F.CCCCCCC(F)(F)F.